The number of nitrogens with one attached hydrogen (secondary N) is 1. The zero-order valence-corrected chi connectivity index (χ0v) is 18.3. The van der Waals surface area contributed by atoms with Gasteiger partial charge < -0.3 is 29.2 Å². The van der Waals surface area contributed by atoms with E-state index < -0.39 is 23.6 Å². The van der Waals surface area contributed by atoms with Crippen LogP contribution in [0.3, 0.4) is 0 Å². The lowest BCUT2D eigenvalue weighted by molar-refractivity contribution is -0.142. The van der Waals surface area contributed by atoms with Crippen LogP contribution in [0.25, 0.3) is 10.9 Å². The molecule has 0 bridgehead atoms. The van der Waals surface area contributed by atoms with Crippen LogP contribution >= 0.6 is 0 Å². The van der Waals surface area contributed by atoms with E-state index in [0.717, 1.165) is 0 Å². The van der Waals surface area contributed by atoms with Gasteiger partial charge >= 0.3 is 5.97 Å². The van der Waals surface area contributed by atoms with E-state index in [4.69, 9.17) is 14.2 Å². The molecule has 0 unspecified atom stereocenters. The van der Waals surface area contributed by atoms with Crippen LogP contribution < -0.4 is 10.1 Å². The van der Waals surface area contributed by atoms with Crippen LogP contribution in [0.2, 0.25) is 0 Å². The van der Waals surface area contributed by atoms with Crippen LogP contribution in [0, 0.1) is 10.7 Å². The van der Waals surface area contributed by atoms with E-state index in [-0.39, 0.29) is 50.8 Å². The van der Waals surface area contributed by atoms with Gasteiger partial charge in [-0.2, -0.15) is 0 Å². The Labute approximate surface area is 193 Å². The predicted octanol–water partition coefficient (Wildman–Crippen LogP) is 3.48. The Kier molecular flexibility index (Phi) is 6.73. The van der Waals surface area contributed by atoms with Crippen LogP contribution in [0.5, 0.6) is 11.6 Å². The van der Waals surface area contributed by atoms with Gasteiger partial charge in [-0.25, -0.2) is 4.39 Å². The Balaban J connectivity index is 1.67. The summed E-state index contributed by atoms with van der Waals surface area (Å²) in [5, 5.41) is 16.6. The van der Waals surface area contributed by atoms with Gasteiger partial charge in [0.25, 0.3) is 5.91 Å². The summed E-state index contributed by atoms with van der Waals surface area (Å²) in [4.78, 5) is 35.5. The average molecular weight is 471 g/mol. The minimum atomic E-state index is -0.505. The molecule has 11 heteroatoms. The molecular weight excluding hydrogens is 449 g/mol. The van der Waals surface area contributed by atoms with Crippen molar-refractivity contribution in [2.24, 2.45) is 5.18 Å². The molecule has 34 heavy (non-hydrogen) atoms. The molecule has 2 N–H and O–H groups in total. The number of carbonyl (C=O) groups is 2. The van der Waals surface area contributed by atoms with E-state index in [9.17, 15) is 24.0 Å². The Morgan fingerprint density at radius 2 is 2.12 bits per heavy atom. The summed E-state index contributed by atoms with van der Waals surface area (Å²) < 4.78 is 31.1. The van der Waals surface area contributed by atoms with Gasteiger partial charge in [0.15, 0.2) is 12.5 Å². The number of halogens is 1. The molecule has 1 aliphatic rings. The van der Waals surface area contributed by atoms with Crippen LogP contribution in [0.4, 0.5) is 10.1 Å². The molecule has 0 saturated heterocycles. The standard InChI is InChI=1S/C23H22FN3O7/c1-2-33-19(28)5-6-25-22(29)13-3-4-17-18(9-13)27(23(30)20(17)26-31)10-14-7-16(24)8-15-11-32-12-34-21(14)15/h3-4,7-9,30H,2,5-6,10-12H2,1H3,(H,25,29). The van der Waals surface area contributed by atoms with Gasteiger partial charge in [-0.1, -0.05) is 0 Å². The molecule has 0 radical (unpaired) electrons. The van der Waals surface area contributed by atoms with Crippen molar-refractivity contribution >= 4 is 28.5 Å². The number of ether oxygens (including phenoxy) is 3. The number of carbonyl (C=O) groups excluding carboxylic acids is 2. The molecule has 0 spiro atoms. The molecule has 3 aromatic rings. The summed E-state index contributed by atoms with van der Waals surface area (Å²) >= 11 is 0. The molecule has 2 heterocycles. The quantitative estimate of drug-likeness (QED) is 0.380. The number of esters is 1. The number of nitroso groups, excluding NO2 is 1. The number of fused-ring (bicyclic) bond motifs is 2. The third-order valence-corrected chi connectivity index (χ3v) is 5.36. The highest BCUT2D eigenvalue weighted by atomic mass is 19.1. The fourth-order valence-electron chi connectivity index (χ4n) is 3.87. The van der Waals surface area contributed by atoms with Gasteiger partial charge in [0.1, 0.15) is 11.6 Å². The SMILES string of the molecule is CCOC(=O)CCNC(=O)c1ccc2c(N=O)c(O)n(Cc3cc(F)cc4c3OCOC4)c2c1. The molecule has 0 saturated carbocycles. The highest BCUT2D eigenvalue weighted by molar-refractivity contribution is 6.02. The third-order valence-electron chi connectivity index (χ3n) is 5.36. The Hall–Kier alpha value is -3.99. The Morgan fingerprint density at radius 1 is 1.29 bits per heavy atom. The number of benzene rings is 2. The number of nitrogens with zero attached hydrogens (tertiary/aromatic N) is 2. The first-order valence-corrected chi connectivity index (χ1v) is 10.6. The molecule has 0 atom stereocenters. The van der Waals surface area contributed by atoms with Crippen molar-refractivity contribution < 1.29 is 33.3 Å². The zero-order chi connectivity index (χ0) is 24.2. The molecule has 1 aliphatic heterocycles. The Bertz CT molecular complexity index is 1270. The minimum absolute atomic E-state index is 0.00129. The summed E-state index contributed by atoms with van der Waals surface area (Å²) in [6, 6.07) is 7.04. The van der Waals surface area contributed by atoms with Gasteiger partial charge in [0.05, 0.1) is 31.7 Å². The monoisotopic (exact) mass is 471 g/mol. The molecule has 1 amide bonds. The van der Waals surface area contributed by atoms with Crippen molar-refractivity contribution in [3.05, 3.63) is 57.7 Å². The lowest BCUT2D eigenvalue weighted by atomic mass is 10.1. The predicted molar refractivity (Wildman–Crippen MR) is 118 cm³/mol. The number of hydrogen-bond acceptors (Lipinski definition) is 8. The van der Waals surface area contributed by atoms with Gasteiger partial charge in [0, 0.05) is 28.6 Å². The van der Waals surface area contributed by atoms with Crippen molar-refractivity contribution in [1.29, 1.82) is 0 Å². The second kappa shape index (κ2) is 9.87. The molecule has 2 aromatic carbocycles. The first-order chi connectivity index (χ1) is 16.4. The van der Waals surface area contributed by atoms with Crippen molar-refractivity contribution in [3.63, 3.8) is 0 Å². The van der Waals surface area contributed by atoms with Gasteiger partial charge in [0.2, 0.25) is 5.88 Å². The average Bonchev–Trinajstić information content (AvgIpc) is 3.09. The maximum absolute atomic E-state index is 14.2. The van der Waals surface area contributed by atoms with E-state index in [0.29, 0.717) is 27.8 Å². The number of aromatic hydroxyl groups is 1. The molecule has 0 fully saturated rings. The molecule has 1 aromatic heterocycles. The number of hydrogen-bond donors (Lipinski definition) is 2. The summed E-state index contributed by atoms with van der Waals surface area (Å²) in [7, 11) is 0. The lowest BCUT2D eigenvalue weighted by Gasteiger charge is -2.21. The maximum Gasteiger partial charge on any atom is 0.307 e. The van der Waals surface area contributed by atoms with Crippen molar-refractivity contribution in [3.8, 4) is 11.6 Å². The fraction of sp³-hybridized carbons (Fsp3) is 0.304. The largest absolute Gasteiger partial charge is 0.493 e. The van der Waals surface area contributed by atoms with E-state index in [1.807, 2.05) is 0 Å². The first-order valence-electron chi connectivity index (χ1n) is 10.6. The molecule has 0 aliphatic carbocycles. The summed E-state index contributed by atoms with van der Waals surface area (Å²) in [6.07, 6.45) is 0.0204. The minimum Gasteiger partial charge on any atom is -0.493 e. The van der Waals surface area contributed by atoms with Crippen LogP contribution in [-0.4, -0.2) is 41.5 Å². The van der Waals surface area contributed by atoms with Gasteiger partial charge in [-0.15, -0.1) is 4.91 Å². The van der Waals surface area contributed by atoms with E-state index in [2.05, 4.69) is 10.5 Å². The van der Waals surface area contributed by atoms with Crippen LogP contribution in [0.15, 0.2) is 35.5 Å². The highest BCUT2D eigenvalue weighted by Gasteiger charge is 2.23. The highest BCUT2D eigenvalue weighted by Crippen LogP contribution is 2.40. The zero-order valence-electron chi connectivity index (χ0n) is 18.3. The molecule has 10 nitrogen and oxygen atoms in total. The van der Waals surface area contributed by atoms with Crippen LogP contribution in [0.1, 0.15) is 34.8 Å². The van der Waals surface area contributed by atoms with Crippen molar-refractivity contribution in [1.82, 2.24) is 9.88 Å². The summed E-state index contributed by atoms with van der Waals surface area (Å²) in [5.41, 5.74) is 1.33. The number of amides is 1. The lowest BCUT2D eigenvalue weighted by Crippen LogP contribution is -2.26. The smallest absolute Gasteiger partial charge is 0.307 e. The summed E-state index contributed by atoms with van der Waals surface area (Å²) in [5.74, 6) is -1.38. The van der Waals surface area contributed by atoms with Gasteiger partial charge in [-0.05, 0) is 42.4 Å². The van der Waals surface area contributed by atoms with E-state index >= 15 is 0 Å². The topological polar surface area (TPSA) is 128 Å². The first kappa shape index (κ1) is 23.2. The van der Waals surface area contributed by atoms with E-state index in [1.165, 1.54) is 34.9 Å². The van der Waals surface area contributed by atoms with Crippen molar-refractivity contribution in [2.45, 2.75) is 26.5 Å². The van der Waals surface area contributed by atoms with Crippen LogP contribution in [-0.2, 0) is 27.4 Å². The number of aromatic nitrogens is 1. The summed E-state index contributed by atoms with van der Waals surface area (Å²) in [6.45, 7) is 2.16. The molecule has 4 rings (SSSR count). The van der Waals surface area contributed by atoms with E-state index in [1.54, 1.807) is 6.92 Å². The third kappa shape index (κ3) is 4.55. The fourth-order valence-corrected chi connectivity index (χ4v) is 3.87. The number of rotatable bonds is 8. The maximum atomic E-state index is 14.2. The molecular formula is C23H22FN3O7. The van der Waals surface area contributed by atoms with Gasteiger partial charge in [-0.3, -0.25) is 9.59 Å². The molecule has 178 valence electrons. The second-order valence-electron chi connectivity index (χ2n) is 7.56. The Morgan fingerprint density at radius 3 is 2.88 bits per heavy atom. The normalized spacial score (nSPS) is 12.6. The second-order valence-corrected chi connectivity index (χ2v) is 7.56. The van der Waals surface area contributed by atoms with Crippen molar-refractivity contribution in [2.75, 3.05) is 19.9 Å².